The van der Waals surface area contributed by atoms with Gasteiger partial charge in [-0.15, -0.1) is 0 Å². The Morgan fingerprint density at radius 1 is 1.00 bits per heavy atom. The van der Waals surface area contributed by atoms with Crippen LogP contribution in [0.15, 0.2) is 53.4 Å². The average Bonchev–Trinajstić information content (AvgIpc) is 2.78. The van der Waals surface area contributed by atoms with Gasteiger partial charge in [0.1, 0.15) is 12.4 Å². The Kier molecular flexibility index (Phi) is 9.33. The van der Waals surface area contributed by atoms with E-state index in [1.807, 2.05) is 12.1 Å². The molecule has 1 aliphatic rings. The van der Waals surface area contributed by atoms with E-state index in [0.29, 0.717) is 0 Å². The summed E-state index contributed by atoms with van der Waals surface area (Å²) in [4.78, 5) is 8.54. The lowest BCUT2D eigenvalue weighted by Gasteiger charge is -2.32. The van der Waals surface area contributed by atoms with Crippen molar-refractivity contribution in [3.63, 3.8) is 0 Å². The molecule has 30 heavy (non-hydrogen) atoms. The maximum atomic E-state index is 5.87. The van der Waals surface area contributed by atoms with Gasteiger partial charge in [0, 0.05) is 49.9 Å². The number of hydrogen-bond acceptors (Lipinski definition) is 6. The molecule has 0 aliphatic carbocycles. The van der Waals surface area contributed by atoms with Crippen molar-refractivity contribution in [1.29, 1.82) is 0 Å². The summed E-state index contributed by atoms with van der Waals surface area (Å²) in [5, 5.41) is 0. The number of rotatable bonds is 11. The van der Waals surface area contributed by atoms with Crippen LogP contribution in [0, 0.1) is 0 Å². The molecule has 164 valence electrons. The van der Waals surface area contributed by atoms with Crippen molar-refractivity contribution in [3.05, 3.63) is 54.1 Å². The first-order valence-corrected chi connectivity index (χ1v) is 11.9. The molecular formula is C24H36N4OS. The van der Waals surface area contributed by atoms with Crippen LogP contribution in [0.25, 0.3) is 0 Å². The normalized spacial score (nSPS) is 15.5. The number of nitrogens with zero attached hydrogens (tertiary/aromatic N) is 3. The van der Waals surface area contributed by atoms with Crippen LogP contribution in [-0.4, -0.2) is 74.2 Å². The number of likely N-dealkylation sites (N-methyl/N-ethyl adjacent to an activating group) is 2. The molecule has 1 aliphatic heterocycles. The molecule has 2 aromatic rings. The van der Waals surface area contributed by atoms with Crippen LogP contribution in [-0.2, 0) is 6.54 Å². The predicted octanol–water partition coefficient (Wildman–Crippen LogP) is 4.27. The first-order chi connectivity index (χ1) is 14.7. The molecule has 0 aromatic heterocycles. The summed E-state index contributed by atoms with van der Waals surface area (Å²) in [7, 11) is 2.20. The van der Waals surface area contributed by atoms with Crippen molar-refractivity contribution in [1.82, 2.24) is 14.7 Å². The zero-order valence-corrected chi connectivity index (χ0v) is 19.5. The third kappa shape index (κ3) is 7.51. The summed E-state index contributed by atoms with van der Waals surface area (Å²) >= 11 is 1.66. The van der Waals surface area contributed by atoms with Gasteiger partial charge in [-0.1, -0.05) is 26.0 Å². The number of hydrogen-bond donors (Lipinski definition) is 1. The SMILES string of the molecule is CCN(CC)CCOc1ccc(NSc2cccc(CN3CCN(C)CC3)c2)cc1. The van der Waals surface area contributed by atoms with Gasteiger partial charge in [-0.2, -0.15) is 0 Å². The van der Waals surface area contributed by atoms with E-state index in [0.717, 1.165) is 70.4 Å². The molecule has 0 bridgehead atoms. The minimum atomic E-state index is 0.725. The number of piperazine rings is 1. The molecule has 1 N–H and O–H groups in total. The minimum Gasteiger partial charge on any atom is -0.492 e. The molecule has 2 aromatic carbocycles. The van der Waals surface area contributed by atoms with Crippen LogP contribution in [0.4, 0.5) is 5.69 Å². The summed E-state index contributed by atoms with van der Waals surface area (Å²) in [5.41, 5.74) is 2.46. The summed E-state index contributed by atoms with van der Waals surface area (Å²) in [5.74, 6) is 0.923. The highest BCUT2D eigenvalue weighted by Gasteiger charge is 2.13. The number of ether oxygens (including phenoxy) is 1. The van der Waals surface area contributed by atoms with Gasteiger partial charge in [-0.25, -0.2) is 0 Å². The molecule has 5 nitrogen and oxygen atoms in total. The van der Waals surface area contributed by atoms with Crippen molar-refractivity contribution in [2.75, 3.05) is 64.2 Å². The van der Waals surface area contributed by atoms with E-state index >= 15 is 0 Å². The van der Waals surface area contributed by atoms with E-state index in [-0.39, 0.29) is 0 Å². The topological polar surface area (TPSA) is 31.0 Å². The number of benzene rings is 2. The Hall–Kier alpha value is -1.73. The van der Waals surface area contributed by atoms with Crippen LogP contribution in [0.2, 0.25) is 0 Å². The second-order valence-electron chi connectivity index (χ2n) is 7.83. The van der Waals surface area contributed by atoms with Crippen LogP contribution < -0.4 is 9.46 Å². The Morgan fingerprint density at radius 2 is 1.73 bits per heavy atom. The molecule has 0 unspecified atom stereocenters. The fourth-order valence-corrected chi connectivity index (χ4v) is 4.27. The molecular weight excluding hydrogens is 392 g/mol. The largest absolute Gasteiger partial charge is 0.492 e. The van der Waals surface area contributed by atoms with Crippen molar-refractivity contribution in [2.24, 2.45) is 0 Å². The van der Waals surface area contributed by atoms with Gasteiger partial charge < -0.3 is 19.3 Å². The van der Waals surface area contributed by atoms with Crippen LogP contribution in [0.3, 0.4) is 0 Å². The van der Waals surface area contributed by atoms with Gasteiger partial charge >= 0.3 is 0 Å². The molecule has 0 radical (unpaired) electrons. The fraction of sp³-hybridized carbons (Fsp3) is 0.500. The van der Waals surface area contributed by atoms with Crippen molar-refractivity contribution in [3.8, 4) is 5.75 Å². The van der Waals surface area contributed by atoms with Crippen LogP contribution in [0.5, 0.6) is 5.75 Å². The summed E-state index contributed by atoms with van der Waals surface area (Å²) in [6.07, 6.45) is 0. The first-order valence-electron chi connectivity index (χ1n) is 11.0. The van der Waals surface area contributed by atoms with E-state index < -0.39 is 0 Å². The average molecular weight is 429 g/mol. The lowest BCUT2D eigenvalue weighted by Crippen LogP contribution is -2.43. The molecule has 3 rings (SSSR count). The zero-order valence-electron chi connectivity index (χ0n) is 18.6. The van der Waals surface area contributed by atoms with E-state index in [4.69, 9.17) is 4.74 Å². The molecule has 6 heteroatoms. The summed E-state index contributed by atoms with van der Waals surface area (Å²) in [6.45, 7) is 13.8. The number of nitrogens with one attached hydrogen (secondary N) is 1. The van der Waals surface area contributed by atoms with E-state index in [2.05, 4.69) is 76.7 Å². The zero-order chi connectivity index (χ0) is 21.2. The maximum Gasteiger partial charge on any atom is 0.119 e. The van der Waals surface area contributed by atoms with E-state index in [1.165, 1.54) is 10.5 Å². The fourth-order valence-electron chi connectivity index (χ4n) is 3.54. The van der Waals surface area contributed by atoms with Crippen molar-refractivity contribution >= 4 is 17.6 Å². The van der Waals surface area contributed by atoms with Crippen molar-refractivity contribution < 1.29 is 4.74 Å². The van der Waals surface area contributed by atoms with Gasteiger partial charge in [0.25, 0.3) is 0 Å². The Balaban J connectivity index is 1.44. The molecule has 0 saturated carbocycles. The highest BCUT2D eigenvalue weighted by molar-refractivity contribution is 8.00. The molecule has 0 amide bonds. The maximum absolute atomic E-state index is 5.87. The predicted molar refractivity (Wildman–Crippen MR) is 128 cm³/mol. The summed E-state index contributed by atoms with van der Waals surface area (Å²) < 4.78 is 9.32. The highest BCUT2D eigenvalue weighted by Crippen LogP contribution is 2.24. The number of anilines is 1. The molecule has 0 atom stereocenters. The van der Waals surface area contributed by atoms with Gasteiger partial charge in [-0.05, 0) is 74.0 Å². The molecule has 1 saturated heterocycles. The molecule has 1 fully saturated rings. The molecule has 1 heterocycles. The Morgan fingerprint density at radius 3 is 2.43 bits per heavy atom. The second-order valence-corrected chi connectivity index (χ2v) is 8.71. The monoisotopic (exact) mass is 428 g/mol. The second kappa shape index (κ2) is 12.2. The lowest BCUT2D eigenvalue weighted by atomic mass is 10.2. The highest BCUT2D eigenvalue weighted by atomic mass is 32.2. The third-order valence-corrected chi connectivity index (χ3v) is 6.44. The standard InChI is InChI=1S/C24H36N4OS/c1-4-27(5-2)17-18-29-23-11-9-22(10-12-23)25-30-24-8-6-7-21(19-24)20-28-15-13-26(3)14-16-28/h6-12,19,25H,4-5,13-18,20H2,1-3H3. The minimum absolute atomic E-state index is 0.725. The van der Waals surface area contributed by atoms with Gasteiger partial charge in [0.15, 0.2) is 0 Å². The van der Waals surface area contributed by atoms with Gasteiger partial charge in [0.05, 0.1) is 0 Å². The van der Waals surface area contributed by atoms with E-state index in [1.54, 1.807) is 11.9 Å². The van der Waals surface area contributed by atoms with E-state index in [9.17, 15) is 0 Å². The van der Waals surface area contributed by atoms with Gasteiger partial charge in [0.2, 0.25) is 0 Å². The Labute approximate surface area is 186 Å². The van der Waals surface area contributed by atoms with Crippen LogP contribution in [0.1, 0.15) is 19.4 Å². The molecule has 0 spiro atoms. The Bertz CT molecular complexity index is 743. The quantitative estimate of drug-likeness (QED) is 0.538. The smallest absolute Gasteiger partial charge is 0.119 e. The third-order valence-electron chi connectivity index (χ3n) is 5.61. The van der Waals surface area contributed by atoms with Crippen LogP contribution >= 0.6 is 11.9 Å². The first kappa shape index (κ1) is 22.9. The lowest BCUT2D eigenvalue weighted by molar-refractivity contribution is 0.148. The van der Waals surface area contributed by atoms with Crippen molar-refractivity contribution in [2.45, 2.75) is 25.3 Å². The summed E-state index contributed by atoms with van der Waals surface area (Å²) in [6, 6.07) is 17.1. The van der Waals surface area contributed by atoms with Gasteiger partial charge in [-0.3, -0.25) is 4.90 Å².